The van der Waals surface area contributed by atoms with E-state index in [0.29, 0.717) is 0 Å². The van der Waals surface area contributed by atoms with E-state index < -0.39 is 0 Å². The number of hydrogen-bond acceptors (Lipinski definition) is 0. The van der Waals surface area contributed by atoms with Crippen LogP contribution in [0.25, 0.3) is 132 Å². The van der Waals surface area contributed by atoms with Crippen molar-refractivity contribution in [2.24, 2.45) is 0 Å². The summed E-state index contributed by atoms with van der Waals surface area (Å²) >= 11 is 0. The Morgan fingerprint density at radius 2 is 0.931 bits per heavy atom. The fourth-order valence-electron chi connectivity index (χ4n) is 14.9. The smallest absolute Gasteiger partial charge is 0.333 e. The predicted octanol–water partition coefficient (Wildman–Crippen LogP) is 15.4. The van der Waals surface area contributed by atoms with Crippen LogP contribution >= 0.6 is 0 Å². The van der Waals surface area contributed by atoms with Crippen LogP contribution in [0.3, 0.4) is 0 Å². The molecule has 0 saturated carbocycles. The van der Waals surface area contributed by atoms with Gasteiger partial charge in [0.2, 0.25) is 0 Å². The Bertz CT molecular complexity index is 4620. The van der Waals surface area contributed by atoms with Gasteiger partial charge in [-0.15, -0.1) is 0 Å². The zero-order valence-electron chi connectivity index (χ0n) is 40.3. The van der Waals surface area contributed by atoms with Crippen LogP contribution in [0, 0.1) is 27.7 Å². The van der Waals surface area contributed by atoms with Crippen molar-refractivity contribution in [3.8, 4) is 55.9 Å². The third-order valence-corrected chi connectivity index (χ3v) is 17.7. The highest BCUT2D eigenvalue weighted by Crippen LogP contribution is 2.57. The molecular weight excluding hydrogens is 872 g/mol. The lowest BCUT2D eigenvalue weighted by Gasteiger charge is -2.36. The average Bonchev–Trinajstić information content (AvgIpc) is 4.15. The van der Waals surface area contributed by atoms with E-state index in [1.165, 1.54) is 177 Å². The summed E-state index contributed by atoms with van der Waals surface area (Å²) in [7, 11) is 0. The molecule has 14 aromatic rings. The van der Waals surface area contributed by atoms with Crippen LogP contribution in [0.5, 0.6) is 0 Å². The standard InChI is InChI=1S/C67H43BN4/c1-35-25-27-37(3)50(29-35)39-31-52-45-16-10-20-48-62(45)71(65-47-19-9-15-43-41-13-5-7-23-55(41)69(61(43)47)57(33-39)59(52)65)66-49-21-11-17-46-53-32-40(51-30-36(2)26-28-38(51)4)34-58-60(53)68(72(63(46)49)67(48)66)54-22-12-18-44-42-14-6-8-24-56(42)70(58)64(44)54/h5-34,65H,1-4H3. The van der Waals surface area contributed by atoms with Crippen LogP contribution in [0.2, 0.25) is 0 Å². The van der Waals surface area contributed by atoms with Crippen LogP contribution in [0.4, 0.5) is 0 Å². The van der Waals surface area contributed by atoms with Gasteiger partial charge < -0.3 is 18.2 Å². The van der Waals surface area contributed by atoms with Gasteiger partial charge in [-0.1, -0.05) is 157 Å². The number of fused-ring (bicyclic) bond motifs is 19. The van der Waals surface area contributed by atoms with Gasteiger partial charge in [-0.2, -0.15) is 0 Å². The second-order valence-corrected chi connectivity index (χ2v) is 21.4. The Kier molecular flexibility index (Phi) is 6.73. The van der Waals surface area contributed by atoms with Crippen LogP contribution in [0.1, 0.15) is 39.4 Å². The van der Waals surface area contributed by atoms with Crippen LogP contribution < -0.4 is 10.9 Å². The Balaban J connectivity index is 1.03. The number of aromatic nitrogens is 4. The summed E-state index contributed by atoms with van der Waals surface area (Å²) in [6.07, 6.45) is 0. The van der Waals surface area contributed by atoms with Gasteiger partial charge in [0.05, 0.1) is 50.3 Å². The molecule has 0 N–H and O–H groups in total. The number of nitrogens with zero attached hydrogens (tertiary/aromatic N) is 4. The number of rotatable bonds is 2. The average molecular weight is 915 g/mol. The maximum absolute atomic E-state index is 2.81. The molecule has 0 fully saturated rings. The van der Waals surface area contributed by atoms with E-state index in [0.717, 1.165) is 0 Å². The largest absolute Gasteiger partial charge is 0.374 e. The van der Waals surface area contributed by atoms with E-state index in [1.54, 1.807) is 0 Å². The maximum atomic E-state index is 2.81. The van der Waals surface area contributed by atoms with Crippen molar-refractivity contribution < 1.29 is 0 Å². The van der Waals surface area contributed by atoms with Crippen molar-refractivity contribution in [2.45, 2.75) is 33.7 Å². The van der Waals surface area contributed by atoms with Gasteiger partial charge in [0.1, 0.15) is 0 Å². The molecule has 0 radical (unpaired) electrons. The SMILES string of the molecule is Cc1ccc(C)c(-c2cc3c4c(c2)-n2c5ccccc5c5cccc(c52)B4n2c4c-3cccc4c3c2c2cccc4c2n3C2c3c-4cc(-c4cc(C)ccc4C)cc3-n3c4ccccc4c4cccc2c43)c1. The molecule has 0 bridgehead atoms. The van der Waals surface area contributed by atoms with E-state index in [-0.39, 0.29) is 12.9 Å². The van der Waals surface area contributed by atoms with Crippen molar-refractivity contribution in [3.05, 3.63) is 215 Å². The molecule has 1 unspecified atom stereocenters. The lowest BCUT2D eigenvalue weighted by Crippen LogP contribution is -2.55. The minimum Gasteiger partial charge on any atom is -0.374 e. The monoisotopic (exact) mass is 914 g/mol. The van der Waals surface area contributed by atoms with Gasteiger partial charge in [0, 0.05) is 65.8 Å². The van der Waals surface area contributed by atoms with Gasteiger partial charge in [-0.3, -0.25) is 0 Å². The zero-order chi connectivity index (χ0) is 47.2. The van der Waals surface area contributed by atoms with Crippen molar-refractivity contribution >= 4 is 94.2 Å². The Labute approximate surface area is 415 Å². The molecule has 72 heavy (non-hydrogen) atoms. The summed E-state index contributed by atoms with van der Waals surface area (Å²) < 4.78 is 10.8. The normalized spacial score (nSPS) is 14.5. The summed E-state index contributed by atoms with van der Waals surface area (Å²) in [6.45, 7) is 8.91. The van der Waals surface area contributed by atoms with Crippen LogP contribution in [0.15, 0.2) is 182 Å². The quantitative estimate of drug-likeness (QED) is 0.154. The zero-order valence-corrected chi connectivity index (χ0v) is 40.3. The molecule has 1 atom stereocenters. The van der Waals surface area contributed by atoms with Gasteiger partial charge in [0.15, 0.2) is 0 Å². The highest BCUT2D eigenvalue weighted by Gasteiger charge is 2.45. The molecular formula is C67H43BN4. The highest BCUT2D eigenvalue weighted by molar-refractivity contribution is 6.90. The molecule has 4 nitrogen and oxygen atoms in total. The Morgan fingerprint density at radius 1 is 0.375 bits per heavy atom. The third-order valence-electron chi connectivity index (χ3n) is 17.7. The maximum Gasteiger partial charge on any atom is 0.333 e. The fraction of sp³-hybridized carbons (Fsp3) is 0.0746. The van der Waals surface area contributed by atoms with E-state index in [2.05, 4.69) is 228 Å². The molecule has 4 aliphatic rings. The molecule has 10 aromatic carbocycles. The minimum atomic E-state index is -0.0623. The summed E-state index contributed by atoms with van der Waals surface area (Å²) in [5.41, 5.74) is 33.9. The van der Waals surface area contributed by atoms with Crippen LogP contribution in [-0.4, -0.2) is 25.0 Å². The molecule has 0 amide bonds. The van der Waals surface area contributed by atoms with Gasteiger partial charge in [-0.25, -0.2) is 0 Å². The number of para-hydroxylation sites is 6. The van der Waals surface area contributed by atoms with E-state index in [4.69, 9.17) is 0 Å². The second kappa shape index (κ2) is 12.7. The van der Waals surface area contributed by atoms with E-state index in [9.17, 15) is 0 Å². The molecule has 0 saturated heterocycles. The molecule has 18 rings (SSSR count). The van der Waals surface area contributed by atoms with Gasteiger partial charge in [0.25, 0.3) is 0 Å². The van der Waals surface area contributed by atoms with Crippen molar-refractivity contribution in [3.63, 3.8) is 0 Å². The Morgan fingerprint density at radius 3 is 1.64 bits per heavy atom. The molecule has 334 valence electrons. The van der Waals surface area contributed by atoms with Crippen molar-refractivity contribution in [2.75, 3.05) is 0 Å². The molecule has 8 heterocycles. The number of benzene rings is 10. The lowest BCUT2D eigenvalue weighted by molar-refractivity contribution is 0.711. The molecule has 4 aliphatic heterocycles. The third kappa shape index (κ3) is 4.30. The fourth-order valence-corrected chi connectivity index (χ4v) is 14.9. The molecule has 4 aromatic heterocycles. The summed E-state index contributed by atoms with van der Waals surface area (Å²) in [5, 5.41) is 7.82. The van der Waals surface area contributed by atoms with Crippen molar-refractivity contribution in [1.29, 1.82) is 0 Å². The first-order valence-corrected chi connectivity index (χ1v) is 25.6. The Hall–Kier alpha value is -8.80. The van der Waals surface area contributed by atoms with Crippen LogP contribution in [-0.2, 0) is 0 Å². The molecule has 0 aliphatic carbocycles. The predicted molar refractivity (Wildman–Crippen MR) is 302 cm³/mol. The van der Waals surface area contributed by atoms with E-state index in [1.807, 2.05) is 0 Å². The highest BCUT2D eigenvalue weighted by atomic mass is 15.1. The molecule has 5 heteroatoms. The second-order valence-electron chi connectivity index (χ2n) is 21.4. The first-order chi connectivity index (χ1) is 35.4. The first-order valence-electron chi connectivity index (χ1n) is 25.6. The number of aryl methyl sites for hydroxylation is 4. The first kappa shape index (κ1) is 38.0. The van der Waals surface area contributed by atoms with Gasteiger partial charge in [-0.05, 0) is 120 Å². The topological polar surface area (TPSA) is 19.7 Å². The van der Waals surface area contributed by atoms with Crippen molar-refractivity contribution in [1.82, 2.24) is 18.2 Å². The summed E-state index contributed by atoms with van der Waals surface area (Å²) in [4.78, 5) is 0. The summed E-state index contributed by atoms with van der Waals surface area (Å²) in [6, 6.07) is 70.5. The van der Waals surface area contributed by atoms with E-state index >= 15 is 0 Å². The number of hydrogen-bond donors (Lipinski definition) is 0. The van der Waals surface area contributed by atoms with Gasteiger partial charge >= 0.3 is 6.85 Å². The molecule has 0 spiro atoms. The summed E-state index contributed by atoms with van der Waals surface area (Å²) in [5.74, 6) is 0. The minimum absolute atomic E-state index is 0.0623. The lowest BCUT2D eigenvalue weighted by atomic mass is 9.45.